The fraction of sp³-hybridized carbons (Fsp3) is 0.769. The molecule has 0 radical (unpaired) electrons. The monoisotopic (exact) mass is 336 g/mol. The van der Waals surface area contributed by atoms with Gasteiger partial charge in [0.2, 0.25) is 10.0 Å². The number of aryl methyl sites for hydroxylation is 2. The molecule has 0 spiro atoms. The van der Waals surface area contributed by atoms with Gasteiger partial charge in [-0.05, 0) is 26.7 Å². The van der Waals surface area contributed by atoms with Crippen LogP contribution < -0.4 is 10.5 Å². The molecule has 21 heavy (non-hydrogen) atoms. The van der Waals surface area contributed by atoms with E-state index in [0.717, 1.165) is 25.7 Å². The van der Waals surface area contributed by atoms with E-state index in [0.29, 0.717) is 17.9 Å². The SMILES string of the molecule is Cc1nn(C)c(C)c1S(=O)(=O)NCC1(N)CCCCC1.Cl. The molecule has 1 saturated carbocycles. The average molecular weight is 337 g/mol. The highest BCUT2D eigenvalue weighted by Crippen LogP contribution is 2.26. The molecule has 0 amide bonds. The fourth-order valence-electron chi connectivity index (χ4n) is 2.89. The molecule has 0 aliphatic heterocycles. The normalized spacial score (nSPS) is 18.3. The third-order valence-electron chi connectivity index (χ3n) is 4.17. The van der Waals surface area contributed by atoms with Crippen molar-refractivity contribution in [2.45, 2.75) is 56.4 Å². The molecule has 0 atom stereocenters. The van der Waals surface area contributed by atoms with Crippen molar-refractivity contribution < 1.29 is 8.42 Å². The van der Waals surface area contributed by atoms with Crippen LogP contribution in [0.4, 0.5) is 0 Å². The summed E-state index contributed by atoms with van der Waals surface area (Å²) in [4.78, 5) is 0.277. The number of nitrogens with one attached hydrogen (secondary N) is 1. The van der Waals surface area contributed by atoms with E-state index in [1.165, 1.54) is 6.42 Å². The molecule has 1 fully saturated rings. The van der Waals surface area contributed by atoms with E-state index >= 15 is 0 Å². The smallest absolute Gasteiger partial charge is 0.244 e. The second-order valence-corrected chi connectivity index (χ2v) is 7.57. The molecular weight excluding hydrogens is 312 g/mol. The van der Waals surface area contributed by atoms with Gasteiger partial charge in [-0.1, -0.05) is 19.3 Å². The maximum absolute atomic E-state index is 12.5. The van der Waals surface area contributed by atoms with Crippen molar-refractivity contribution in [3.05, 3.63) is 11.4 Å². The van der Waals surface area contributed by atoms with E-state index in [2.05, 4.69) is 9.82 Å². The summed E-state index contributed by atoms with van der Waals surface area (Å²) < 4.78 is 29.2. The zero-order valence-corrected chi connectivity index (χ0v) is 14.5. The second-order valence-electron chi connectivity index (χ2n) is 5.87. The largest absolute Gasteiger partial charge is 0.324 e. The number of hydrogen-bond donors (Lipinski definition) is 2. The average Bonchev–Trinajstić information content (AvgIpc) is 2.63. The standard InChI is InChI=1S/C13H24N4O2S.ClH/c1-10-12(11(2)17(3)16-10)20(18,19)15-9-13(14)7-5-4-6-8-13;/h15H,4-9,14H2,1-3H3;1H. The third kappa shape index (κ3) is 3.97. The zero-order valence-electron chi connectivity index (χ0n) is 12.8. The second kappa shape index (κ2) is 6.64. The molecule has 1 aromatic heterocycles. The molecule has 0 aromatic carbocycles. The van der Waals surface area contributed by atoms with Crippen molar-refractivity contribution >= 4 is 22.4 Å². The third-order valence-corrected chi connectivity index (χ3v) is 5.83. The van der Waals surface area contributed by atoms with Gasteiger partial charge in [-0.25, -0.2) is 13.1 Å². The van der Waals surface area contributed by atoms with Crippen LogP contribution >= 0.6 is 12.4 Å². The summed E-state index contributed by atoms with van der Waals surface area (Å²) in [6, 6.07) is 0. The summed E-state index contributed by atoms with van der Waals surface area (Å²) in [7, 11) is -1.81. The maximum Gasteiger partial charge on any atom is 0.244 e. The van der Waals surface area contributed by atoms with Crippen molar-refractivity contribution in [3.8, 4) is 0 Å². The Hall–Kier alpha value is -0.630. The molecule has 6 nitrogen and oxygen atoms in total. The predicted molar refractivity (Wildman–Crippen MR) is 85.1 cm³/mol. The summed E-state index contributed by atoms with van der Waals surface area (Å²) in [5, 5.41) is 4.16. The van der Waals surface area contributed by atoms with Crippen LogP contribution in [0.5, 0.6) is 0 Å². The molecule has 1 aliphatic rings. The van der Waals surface area contributed by atoms with Crippen molar-refractivity contribution in [2.24, 2.45) is 12.8 Å². The van der Waals surface area contributed by atoms with E-state index in [4.69, 9.17) is 5.73 Å². The van der Waals surface area contributed by atoms with Crippen LogP contribution in [-0.4, -0.2) is 30.3 Å². The van der Waals surface area contributed by atoms with Gasteiger partial charge in [-0.2, -0.15) is 5.10 Å². The van der Waals surface area contributed by atoms with Gasteiger partial charge in [-0.15, -0.1) is 12.4 Å². The van der Waals surface area contributed by atoms with Crippen LogP contribution in [0, 0.1) is 13.8 Å². The summed E-state index contributed by atoms with van der Waals surface area (Å²) in [5.74, 6) is 0. The lowest BCUT2D eigenvalue weighted by Crippen LogP contribution is -2.51. The molecule has 8 heteroatoms. The van der Waals surface area contributed by atoms with Crippen LogP contribution in [-0.2, 0) is 17.1 Å². The van der Waals surface area contributed by atoms with Gasteiger partial charge in [0.25, 0.3) is 0 Å². The van der Waals surface area contributed by atoms with Crippen LogP contribution in [0.3, 0.4) is 0 Å². The van der Waals surface area contributed by atoms with E-state index in [1.54, 1.807) is 25.6 Å². The van der Waals surface area contributed by atoms with Crippen molar-refractivity contribution in [1.82, 2.24) is 14.5 Å². The molecular formula is C13H25ClN4O2S. The van der Waals surface area contributed by atoms with Gasteiger partial charge in [0.05, 0.1) is 11.4 Å². The van der Waals surface area contributed by atoms with E-state index in [1.807, 2.05) is 0 Å². The Bertz CT molecular complexity index is 592. The van der Waals surface area contributed by atoms with Crippen molar-refractivity contribution in [1.29, 1.82) is 0 Å². The number of halogens is 1. The van der Waals surface area contributed by atoms with Crippen molar-refractivity contribution in [3.63, 3.8) is 0 Å². The molecule has 1 aliphatic carbocycles. The Labute approximate surface area is 132 Å². The summed E-state index contributed by atoms with van der Waals surface area (Å²) >= 11 is 0. The lowest BCUT2D eigenvalue weighted by Gasteiger charge is -2.33. The number of sulfonamides is 1. The van der Waals surface area contributed by atoms with E-state index in [-0.39, 0.29) is 17.3 Å². The first kappa shape index (κ1) is 18.4. The summed E-state index contributed by atoms with van der Waals surface area (Å²) in [6.45, 7) is 3.76. The molecule has 1 heterocycles. The summed E-state index contributed by atoms with van der Waals surface area (Å²) in [5.41, 5.74) is 7.03. The van der Waals surface area contributed by atoms with E-state index in [9.17, 15) is 8.42 Å². The molecule has 2 rings (SSSR count). The highest BCUT2D eigenvalue weighted by Gasteiger charge is 2.31. The Morgan fingerprint density at radius 3 is 2.33 bits per heavy atom. The van der Waals surface area contributed by atoms with Gasteiger partial charge >= 0.3 is 0 Å². The quantitative estimate of drug-likeness (QED) is 0.869. The Morgan fingerprint density at radius 2 is 1.86 bits per heavy atom. The molecule has 0 saturated heterocycles. The van der Waals surface area contributed by atoms with Gasteiger partial charge in [-0.3, -0.25) is 4.68 Å². The van der Waals surface area contributed by atoms with Crippen LogP contribution in [0.15, 0.2) is 4.90 Å². The molecule has 122 valence electrons. The maximum atomic E-state index is 12.5. The predicted octanol–water partition coefficient (Wildman–Crippen LogP) is 1.40. The van der Waals surface area contributed by atoms with Gasteiger partial charge in [0, 0.05) is 19.1 Å². The first-order valence-electron chi connectivity index (χ1n) is 7.04. The molecule has 0 bridgehead atoms. The number of aromatic nitrogens is 2. The zero-order chi connectivity index (χ0) is 15.0. The summed E-state index contributed by atoms with van der Waals surface area (Å²) in [6.07, 6.45) is 5.08. The lowest BCUT2D eigenvalue weighted by molar-refractivity contribution is 0.296. The molecule has 3 N–H and O–H groups in total. The molecule has 0 unspecified atom stereocenters. The Kier molecular flexibility index (Phi) is 5.83. The number of nitrogens with two attached hydrogens (primary N) is 1. The van der Waals surface area contributed by atoms with Crippen LogP contribution in [0.25, 0.3) is 0 Å². The van der Waals surface area contributed by atoms with Gasteiger partial charge in [0.1, 0.15) is 4.90 Å². The topological polar surface area (TPSA) is 90.0 Å². The van der Waals surface area contributed by atoms with Crippen LogP contribution in [0.1, 0.15) is 43.5 Å². The molecule has 1 aromatic rings. The lowest BCUT2D eigenvalue weighted by atomic mass is 9.83. The number of nitrogens with zero attached hydrogens (tertiary/aromatic N) is 2. The number of hydrogen-bond acceptors (Lipinski definition) is 4. The Morgan fingerprint density at radius 1 is 1.29 bits per heavy atom. The number of rotatable bonds is 4. The first-order chi connectivity index (χ1) is 9.25. The van der Waals surface area contributed by atoms with Gasteiger partial charge in [0.15, 0.2) is 0 Å². The minimum absolute atomic E-state index is 0. The fourth-order valence-corrected chi connectivity index (χ4v) is 4.46. The van der Waals surface area contributed by atoms with Crippen molar-refractivity contribution in [2.75, 3.05) is 6.54 Å². The highest BCUT2D eigenvalue weighted by molar-refractivity contribution is 7.89. The first-order valence-corrected chi connectivity index (χ1v) is 8.52. The van der Waals surface area contributed by atoms with Crippen LogP contribution in [0.2, 0.25) is 0 Å². The van der Waals surface area contributed by atoms with Gasteiger partial charge < -0.3 is 5.73 Å². The Balaban J connectivity index is 0.00000220. The minimum Gasteiger partial charge on any atom is -0.324 e. The van der Waals surface area contributed by atoms with E-state index < -0.39 is 15.6 Å². The minimum atomic E-state index is -3.55. The highest BCUT2D eigenvalue weighted by atomic mass is 35.5.